The summed E-state index contributed by atoms with van der Waals surface area (Å²) >= 11 is 2.98. The van der Waals surface area contributed by atoms with E-state index in [1.165, 1.54) is 23.1 Å². The van der Waals surface area contributed by atoms with Crippen molar-refractivity contribution in [1.82, 2.24) is 4.90 Å². The monoisotopic (exact) mass is 347 g/mol. The predicted octanol–water partition coefficient (Wildman–Crippen LogP) is 4.28. The molecule has 0 spiro atoms. The van der Waals surface area contributed by atoms with Gasteiger partial charge in [-0.15, -0.1) is 13.2 Å². The minimum absolute atomic E-state index is 0.151. The van der Waals surface area contributed by atoms with Gasteiger partial charge in [0.1, 0.15) is 0 Å². The molecule has 1 rings (SSSR count). The molecule has 0 unspecified atom stereocenters. The molecule has 0 saturated heterocycles. The van der Waals surface area contributed by atoms with Gasteiger partial charge in [-0.25, -0.2) is 0 Å². The number of carbonyl (C=O) groups is 1. The summed E-state index contributed by atoms with van der Waals surface area (Å²) < 4.78 is 39.2. The van der Waals surface area contributed by atoms with Crippen LogP contribution in [0.1, 0.15) is 15.9 Å². The van der Waals surface area contributed by atoms with Crippen LogP contribution in [0.3, 0.4) is 0 Å². The molecule has 0 N–H and O–H groups in total. The zero-order valence-corrected chi connectivity index (χ0v) is 12.2. The smallest absolute Gasteiger partial charge is 0.331 e. The molecule has 0 aliphatic rings. The molecule has 0 radical (unpaired) electrons. The molecule has 2 nitrogen and oxygen atoms in total. The van der Waals surface area contributed by atoms with Crippen LogP contribution in [0.5, 0.6) is 0 Å². The summed E-state index contributed by atoms with van der Waals surface area (Å²) in [5.41, 5.74) is -1.35. The third-order valence-corrected chi connectivity index (χ3v) is 3.00. The molecule has 0 aliphatic carbocycles. The Morgan fingerprint density at radius 3 is 2.25 bits per heavy atom. The number of nitrogens with zero attached hydrogens (tertiary/aromatic N) is 1. The molecule has 0 aliphatic heterocycles. The maximum atomic E-state index is 13.0. The molecule has 0 heterocycles. The fraction of sp³-hybridized carbons (Fsp3) is 0.214. The van der Waals surface area contributed by atoms with Crippen LogP contribution in [0.15, 0.2) is 48.0 Å². The first-order valence-corrected chi connectivity index (χ1v) is 6.48. The van der Waals surface area contributed by atoms with Crippen LogP contribution in [0.4, 0.5) is 13.2 Å². The number of carbonyl (C=O) groups excluding carboxylic acids is 1. The van der Waals surface area contributed by atoms with Crippen LogP contribution < -0.4 is 0 Å². The van der Waals surface area contributed by atoms with Gasteiger partial charge in [-0.3, -0.25) is 4.79 Å². The Balaban J connectivity index is 3.27. The third-order valence-electron chi connectivity index (χ3n) is 2.50. The fourth-order valence-corrected chi connectivity index (χ4v) is 2.02. The summed E-state index contributed by atoms with van der Waals surface area (Å²) in [6.45, 7) is 7.27. The Morgan fingerprint density at radius 2 is 1.80 bits per heavy atom. The molecule has 1 aromatic carbocycles. The van der Waals surface area contributed by atoms with E-state index in [1.807, 2.05) is 0 Å². The van der Waals surface area contributed by atoms with Crippen LogP contribution in [0, 0.1) is 0 Å². The lowest BCUT2D eigenvalue weighted by Crippen LogP contribution is -2.32. The molecule has 0 saturated carbocycles. The second kappa shape index (κ2) is 6.74. The summed E-state index contributed by atoms with van der Waals surface area (Å²) in [7, 11) is 0. The number of rotatable bonds is 5. The Labute approximate surface area is 123 Å². The Hall–Kier alpha value is -1.56. The highest BCUT2D eigenvalue weighted by molar-refractivity contribution is 9.10. The van der Waals surface area contributed by atoms with E-state index in [4.69, 9.17) is 0 Å². The molecule has 1 amide bonds. The van der Waals surface area contributed by atoms with Gasteiger partial charge in [0.25, 0.3) is 5.91 Å². The number of benzene rings is 1. The third kappa shape index (κ3) is 3.96. The molecule has 0 fully saturated rings. The predicted molar refractivity (Wildman–Crippen MR) is 75.4 cm³/mol. The number of amides is 1. The minimum Gasteiger partial charge on any atom is -0.331 e. The van der Waals surface area contributed by atoms with Gasteiger partial charge in [-0.1, -0.05) is 28.1 Å². The molecule has 6 heteroatoms. The average Bonchev–Trinajstić information content (AvgIpc) is 2.36. The molecule has 20 heavy (non-hydrogen) atoms. The number of hydrogen-bond acceptors (Lipinski definition) is 1. The lowest BCUT2D eigenvalue weighted by atomic mass is 10.1. The van der Waals surface area contributed by atoms with Crippen molar-refractivity contribution in [3.63, 3.8) is 0 Å². The highest BCUT2D eigenvalue weighted by Gasteiger charge is 2.36. The van der Waals surface area contributed by atoms with Crippen molar-refractivity contribution in [1.29, 1.82) is 0 Å². The number of alkyl halides is 3. The molecule has 0 atom stereocenters. The van der Waals surface area contributed by atoms with Gasteiger partial charge in [-0.05, 0) is 18.2 Å². The zero-order chi connectivity index (χ0) is 15.3. The summed E-state index contributed by atoms with van der Waals surface area (Å²) in [5.74, 6) is -0.704. The first-order valence-electron chi connectivity index (χ1n) is 5.69. The van der Waals surface area contributed by atoms with E-state index in [9.17, 15) is 18.0 Å². The highest BCUT2D eigenvalue weighted by Crippen LogP contribution is 2.34. The highest BCUT2D eigenvalue weighted by atomic mass is 79.9. The Morgan fingerprint density at radius 1 is 1.25 bits per heavy atom. The van der Waals surface area contributed by atoms with Crippen LogP contribution in [-0.2, 0) is 6.18 Å². The molecule has 108 valence electrons. The number of halogens is 4. The van der Waals surface area contributed by atoms with Gasteiger partial charge in [-0.2, -0.15) is 13.2 Å². The quantitative estimate of drug-likeness (QED) is 0.728. The summed E-state index contributed by atoms with van der Waals surface area (Å²) in [4.78, 5) is 13.5. The van der Waals surface area contributed by atoms with Crippen molar-refractivity contribution in [2.45, 2.75) is 6.18 Å². The molecule has 1 aromatic rings. The van der Waals surface area contributed by atoms with Crippen molar-refractivity contribution < 1.29 is 18.0 Å². The maximum absolute atomic E-state index is 13.0. The van der Waals surface area contributed by atoms with Gasteiger partial charge in [0.15, 0.2) is 0 Å². The van der Waals surface area contributed by atoms with E-state index >= 15 is 0 Å². The lowest BCUT2D eigenvalue weighted by Gasteiger charge is -2.21. The Bertz CT molecular complexity index is 516. The van der Waals surface area contributed by atoms with Gasteiger partial charge in [0.05, 0.1) is 11.1 Å². The van der Waals surface area contributed by atoms with Crippen molar-refractivity contribution in [3.05, 3.63) is 59.1 Å². The average molecular weight is 348 g/mol. The molecular weight excluding hydrogens is 335 g/mol. The standard InChI is InChI=1S/C14H13BrF3NO/c1-3-7-19(8-4-2)13(20)11-6-5-10(15)9-12(11)14(16,17)18/h3-6,9H,1-2,7-8H2. The fourth-order valence-electron chi connectivity index (χ4n) is 1.66. The molecule has 0 bridgehead atoms. The van der Waals surface area contributed by atoms with E-state index in [0.29, 0.717) is 0 Å². The van der Waals surface area contributed by atoms with Gasteiger partial charge in [0, 0.05) is 17.6 Å². The van der Waals surface area contributed by atoms with Crippen LogP contribution in [0.2, 0.25) is 0 Å². The first kappa shape index (κ1) is 16.5. The molecule has 0 aromatic heterocycles. The van der Waals surface area contributed by atoms with E-state index in [1.54, 1.807) is 0 Å². The topological polar surface area (TPSA) is 20.3 Å². The van der Waals surface area contributed by atoms with Crippen LogP contribution in [0.25, 0.3) is 0 Å². The SMILES string of the molecule is C=CCN(CC=C)C(=O)c1ccc(Br)cc1C(F)(F)F. The van der Waals surface area contributed by atoms with Crippen molar-refractivity contribution in [3.8, 4) is 0 Å². The van der Waals surface area contributed by atoms with Gasteiger partial charge in [0.2, 0.25) is 0 Å². The van der Waals surface area contributed by atoms with Crippen LogP contribution >= 0.6 is 15.9 Å². The second-order valence-corrected chi connectivity index (χ2v) is 4.89. The van der Waals surface area contributed by atoms with E-state index in [2.05, 4.69) is 29.1 Å². The lowest BCUT2D eigenvalue weighted by molar-refractivity contribution is -0.138. The summed E-state index contributed by atoms with van der Waals surface area (Å²) in [6.07, 6.45) is -1.69. The van der Waals surface area contributed by atoms with E-state index in [0.717, 1.165) is 12.1 Å². The van der Waals surface area contributed by atoms with Crippen molar-refractivity contribution in [2.75, 3.05) is 13.1 Å². The molecular formula is C14H13BrF3NO. The van der Waals surface area contributed by atoms with E-state index < -0.39 is 17.6 Å². The minimum atomic E-state index is -4.59. The van der Waals surface area contributed by atoms with E-state index in [-0.39, 0.29) is 23.1 Å². The maximum Gasteiger partial charge on any atom is 0.417 e. The first-order chi connectivity index (χ1) is 9.31. The van der Waals surface area contributed by atoms with Crippen molar-refractivity contribution in [2.24, 2.45) is 0 Å². The number of hydrogen-bond donors (Lipinski definition) is 0. The zero-order valence-electron chi connectivity index (χ0n) is 10.6. The Kier molecular flexibility index (Phi) is 5.56. The van der Waals surface area contributed by atoms with Gasteiger partial charge < -0.3 is 4.90 Å². The second-order valence-electron chi connectivity index (χ2n) is 3.98. The van der Waals surface area contributed by atoms with Crippen molar-refractivity contribution >= 4 is 21.8 Å². The summed E-state index contributed by atoms with van der Waals surface area (Å²) in [6, 6.07) is 3.46. The largest absolute Gasteiger partial charge is 0.417 e. The van der Waals surface area contributed by atoms with Gasteiger partial charge >= 0.3 is 6.18 Å². The summed E-state index contributed by atoms with van der Waals surface area (Å²) in [5, 5.41) is 0. The normalized spacial score (nSPS) is 11.0. The van der Waals surface area contributed by atoms with Crippen LogP contribution in [-0.4, -0.2) is 23.9 Å².